The second kappa shape index (κ2) is 6.90. The molecule has 31 heavy (non-hydrogen) atoms. The predicted molar refractivity (Wildman–Crippen MR) is 96.6 cm³/mol. The third-order valence-electron chi connectivity index (χ3n) is 5.23. The Morgan fingerprint density at radius 3 is 2.10 bits per heavy atom. The van der Waals surface area contributed by atoms with Crippen molar-refractivity contribution in [2.45, 2.75) is 41.8 Å². The molecule has 4 rings (SSSR count). The Morgan fingerprint density at radius 1 is 0.968 bits per heavy atom. The standard InChI is InChI=1S/C18H14F6N4O2S/c1-28-15-12(5-9(8-26-15)17(19,20)21)27-16(28)14-13(31(29,30)11-3-2-4-11)6-10(7-25-14)18(22,23)24/h5-8,11H,2-4H2,1H3. The number of pyridine rings is 2. The Morgan fingerprint density at radius 2 is 1.55 bits per heavy atom. The van der Waals surface area contributed by atoms with Crippen molar-refractivity contribution < 1.29 is 34.8 Å². The number of sulfone groups is 1. The van der Waals surface area contributed by atoms with Gasteiger partial charge < -0.3 is 4.57 Å². The highest BCUT2D eigenvalue weighted by Gasteiger charge is 2.39. The van der Waals surface area contributed by atoms with Crippen molar-refractivity contribution in [3.8, 4) is 11.5 Å². The first kappa shape index (κ1) is 21.5. The maximum Gasteiger partial charge on any atom is 0.417 e. The van der Waals surface area contributed by atoms with Crippen LogP contribution in [0.4, 0.5) is 26.3 Å². The zero-order chi connectivity index (χ0) is 22.8. The summed E-state index contributed by atoms with van der Waals surface area (Å²) in [6.45, 7) is 0. The van der Waals surface area contributed by atoms with E-state index in [0.29, 0.717) is 37.7 Å². The van der Waals surface area contributed by atoms with Crippen LogP contribution in [0.3, 0.4) is 0 Å². The van der Waals surface area contributed by atoms with Gasteiger partial charge in [0.15, 0.2) is 21.3 Å². The Labute approximate surface area is 171 Å². The average molecular weight is 464 g/mol. The molecule has 3 aromatic heterocycles. The summed E-state index contributed by atoms with van der Waals surface area (Å²) in [4.78, 5) is 10.8. The zero-order valence-corrected chi connectivity index (χ0v) is 16.6. The minimum absolute atomic E-state index is 0.00306. The summed E-state index contributed by atoms with van der Waals surface area (Å²) >= 11 is 0. The van der Waals surface area contributed by atoms with Crippen LogP contribution in [0, 0.1) is 0 Å². The van der Waals surface area contributed by atoms with Crippen LogP contribution in [0.5, 0.6) is 0 Å². The Hall–Kier alpha value is -2.70. The summed E-state index contributed by atoms with van der Waals surface area (Å²) in [5.41, 5.74) is -2.87. The molecular weight excluding hydrogens is 450 g/mol. The van der Waals surface area contributed by atoms with Gasteiger partial charge in [-0.15, -0.1) is 0 Å². The molecule has 0 atom stereocenters. The van der Waals surface area contributed by atoms with Crippen molar-refractivity contribution in [1.82, 2.24) is 19.5 Å². The fourth-order valence-electron chi connectivity index (χ4n) is 3.29. The molecule has 0 amide bonds. The largest absolute Gasteiger partial charge is 0.417 e. The van der Waals surface area contributed by atoms with Crippen molar-refractivity contribution in [3.05, 3.63) is 35.7 Å². The van der Waals surface area contributed by atoms with Gasteiger partial charge in [-0.2, -0.15) is 26.3 Å². The SMILES string of the molecule is Cn1c(-c2ncc(C(F)(F)F)cc2S(=O)(=O)C2CCC2)nc2cc(C(F)(F)F)cnc21. The molecule has 0 radical (unpaired) electrons. The van der Waals surface area contributed by atoms with Gasteiger partial charge in [0, 0.05) is 19.4 Å². The molecule has 0 spiro atoms. The minimum Gasteiger partial charge on any atom is -0.310 e. The lowest BCUT2D eigenvalue weighted by Gasteiger charge is -2.26. The highest BCUT2D eigenvalue weighted by atomic mass is 32.2. The Bertz CT molecular complexity index is 1280. The van der Waals surface area contributed by atoms with Gasteiger partial charge in [0.1, 0.15) is 11.2 Å². The van der Waals surface area contributed by atoms with E-state index in [-0.39, 0.29) is 22.7 Å². The molecule has 3 aromatic rings. The third-order valence-corrected chi connectivity index (χ3v) is 7.50. The molecule has 166 valence electrons. The molecule has 0 aliphatic heterocycles. The highest BCUT2D eigenvalue weighted by Crippen LogP contribution is 2.39. The summed E-state index contributed by atoms with van der Waals surface area (Å²) in [6.07, 6.45) is -7.20. The second-order valence-corrected chi connectivity index (χ2v) is 9.42. The molecule has 3 heterocycles. The van der Waals surface area contributed by atoms with E-state index >= 15 is 0 Å². The Balaban J connectivity index is 1.95. The second-order valence-electron chi connectivity index (χ2n) is 7.23. The van der Waals surface area contributed by atoms with Gasteiger partial charge in [-0.25, -0.2) is 18.4 Å². The van der Waals surface area contributed by atoms with Crippen LogP contribution in [-0.4, -0.2) is 33.2 Å². The van der Waals surface area contributed by atoms with Crippen molar-refractivity contribution in [1.29, 1.82) is 0 Å². The number of hydrogen-bond acceptors (Lipinski definition) is 5. The summed E-state index contributed by atoms with van der Waals surface area (Å²) in [5.74, 6) is -0.201. The molecule has 0 unspecified atom stereocenters. The van der Waals surface area contributed by atoms with Gasteiger partial charge >= 0.3 is 12.4 Å². The van der Waals surface area contributed by atoms with Crippen LogP contribution in [0.15, 0.2) is 29.4 Å². The molecule has 13 heteroatoms. The maximum absolute atomic E-state index is 13.2. The number of halogens is 6. The molecule has 0 aromatic carbocycles. The van der Waals surface area contributed by atoms with Crippen molar-refractivity contribution in [3.63, 3.8) is 0 Å². The monoisotopic (exact) mass is 464 g/mol. The number of alkyl halides is 6. The fourth-order valence-corrected chi connectivity index (χ4v) is 5.31. The molecule has 1 saturated carbocycles. The summed E-state index contributed by atoms with van der Waals surface area (Å²) in [6, 6.07) is 1.24. The average Bonchev–Trinajstić information content (AvgIpc) is 2.94. The van der Waals surface area contributed by atoms with Gasteiger partial charge in [-0.1, -0.05) is 6.42 Å². The quantitative estimate of drug-likeness (QED) is 0.538. The lowest BCUT2D eigenvalue weighted by atomic mass is 10.00. The van der Waals surface area contributed by atoms with E-state index in [1.54, 1.807) is 0 Å². The van der Waals surface area contributed by atoms with Gasteiger partial charge in [-0.3, -0.25) is 4.98 Å². The van der Waals surface area contributed by atoms with Gasteiger partial charge in [0.2, 0.25) is 0 Å². The van der Waals surface area contributed by atoms with Gasteiger partial charge in [0.25, 0.3) is 0 Å². The first-order valence-corrected chi connectivity index (χ1v) is 10.6. The molecule has 1 aliphatic rings. The summed E-state index contributed by atoms with van der Waals surface area (Å²) in [5, 5.41) is -0.846. The number of aromatic nitrogens is 4. The van der Waals surface area contributed by atoms with E-state index in [4.69, 9.17) is 0 Å². The van der Waals surface area contributed by atoms with Gasteiger partial charge in [0.05, 0.1) is 21.3 Å². The first-order chi connectivity index (χ1) is 14.3. The van der Waals surface area contributed by atoms with Crippen LogP contribution in [0.1, 0.15) is 30.4 Å². The van der Waals surface area contributed by atoms with Crippen LogP contribution in [0.25, 0.3) is 22.7 Å². The highest BCUT2D eigenvalue weighted by molar-refractivity contribution is 7.92. The number of rotatable bonds is 3. The molecular formula is C18H14F6N4O2S. The first-order valence-electron chi connectivity index (χ1n) is 9.01. The number of imidazole rings is 1. The number of nitrogens with zero attached hydrogens (tertiary/aromatic N) is 4. The molecule has 6 nitrogen and oxygen atoms in total. The number of fused-ring (bicyclic) bond motifs is 1. The van der Waals surface area contributed by atoms with Gasteiger partial charge in [-0.05, 0) is 25.0 Å². The normalized spacial score (nSPS) is 16.0. The van der Waals surface area contributed by atoms with Crippen LogP contribution < -0.4 is 0 Å². The summed E-state index contributed by atoms with van der Waals surface area (Å²) < 4.78 is 106. The molecule has 1 aliphatic carbocycles. The van der Waals surface area contributed by atoms with Crippen LogP contribution >= 0.6 is 0 Å². The van der Waals surface area contributed by atoms with E-state index < -0.39 is 43.5 Å². The minimum atomic E-state index is -4.83. The summed E-state index contributed by atoms with van der Waals surface area (Å²) in [7, 11) is -2.80. The van der Waals surface area contributed by atoms with Crippen LogP contribution in [0.2, 0.25) is 0 Å². The number of hydrogen-bond donors (Lipinski definition) is 0. The van der Waals surface area contributed by atoms with Crippen molar-refractivity contribution in [2.24, 2.45) is 7.05 Å². The fraction of sp³-hybridized carbons (Fsp3) is 0.389. The third kappa shape index (κ3) is 3.64. The van der Waals surface area contributed by atoms with E-state index in [1.807, 2.05) is 0 Å². The molecule has 0 bridgehead atoms. The topological polar surface area (TPSA) is 77.7 Å². The number of aryl methyl sites for hydroxylation is 1. The molecule has 0 saturated heterocycles. The van der Waals surface area contributed by atoms with Crippen molar-refractivity contribution in [2.75, 3.05) is 0 Å². The smallest absolute Gasteiger partial charge is 0.310 e. The lowest BCUT2D eigenvalue weighted by Crippen LogP contribution is -2.29. The lowest BCUT2D eigenvalue weighted by molar-refractivity contribution is -0.138. The maximum atomic E-state index is 13.2. The van der Waals surface area contributed by atoms with E-state index in [1.165, 1.54) is 11.6 Å². The van der Waals surface area contributed by atoms with E-state index in [2.05, 4.69) is 15.0 Å². The molecule has 0 N–H and O–H groups in total. The van der Waals surface area contributed by atoms with E-state index in [9.17, 15) is 34.8 Å². The van der Waals surface area contributed by atoms with Crippen molar-refractivity contribution >= 4 is 21.0 Å². The van der Waals surface area contributed by atoms with E-state index in [0.717, 1.165) is 6.07 Å². The van der Waals surface area contributed by atoms with Crippen LogP contribution in [-0.2, 0) is 29.2 Å². The predicted octanol–water partition coefficient (Wildman–Crippen LogP) is 4.39. The zero-order valence-electron chi connectivity index (χ0n) is 15.8. The Kier molecular flexibility index (Phi) is 4.79. The molecule has 1 fully saturated rings.